The summed E-state index contributed by atoms with van der Waals surface area (Å²) in [5, 5.41) is 0. The van der Waals surface area contributed by atoms with Gasteiger partial charge in [-0.05, 0) is 25.0 Å². The summed E-state index contributed by atoms with van der Waals surface area (Å²) in [7, 11) is 0. The fraction of sp³-hybridized carbons (Fsp3) is 0.375. The predicted octanol–water partition coefficient (Wildman–Crippen LogP) is 2.23. The van der Waals surface area contributed by atoms with Crippen LogP contribution in [-0.2, 0) is 6.42 Å². The van der Waals surface area contributed by atoms with E-state index < -0.39 is 0 Å². The molecule has 0 unspecified atom stereocenters. The summed E-state index contributed by atoms with van der Waals surface area (Å²) in [5.41, 5.74) is 5.31. The Hall–Kier alpha value is -0.160. The lowest BCUT2D eigenvalue weighted by atomic mass is 9.90. The molecule has 2 nitrogen and oxygen atoms in total. The number of halogens is 1. The molecule has 0 saturated carbocycles. The zero-order chi connectivity index (χ0) is 8.43. The van der Waals surface area contributed by atoms with Crippen LogP contribution in [0.15, 0.2) is 6.07 Å². The van der Waals surface area contributed by atoms with Crippen molar-refractivity contribution in [2.24, 2.45) is 3.95 Å². The van der Waals surface area contributed by atoms with Gasteiger partial charge in [-0.25, -0.2) is 0 Å². The fourth-order valence-corrected chi connectivity index (χ4v) is 1.26. The van der Waals surface area contributed by atoms with Crippen LogP contribution in [0.25, 0.3) is 11.3 Å². The predicted molar refractivity (Wildman–Crippen MR) is 55.6 cm³/mol. The quantitative estimate of drug-likeness (QED) is 0.632. The molecular weight excluding hydrogens is 251 g/mol. The molecule has 0 fully saturated rings. The van der Waals surface area contributed by atoms with E-state index >= 15 is 0 Å². The van der Waals surface area contributed by atoms with E-state index in [2.05, 4.69) is 28.8 Å². The molecule has 0 aromatic carbocycles. The molecule has 0 atom stereocenters. The Morgan fingerprint density at radius 1 is 1.55 bits per heavy atom. The third-order valence-electron chi connectivity index (χ3n) is 1.93. The van der Waals surface area contributed by atoms with Crippen molar-refractivity contribution in [2.75, 3.05) is 0 Å². The number of fused-ring (bicyclic) bond motifs is 1. The summed E-state index contributed by atoms with van der Waals surface area (Å²) in [4.78, 5) is 4.27. The Kier molecular flexibility index (Phi) is 2.84. The Labute approximate surface area is 80.7 Å². The summed E-state index contributed by atoms with van der Waals surface area (Å²) in [5.74, 6) is 0. The lowest BCUT2D eigenvalue weighted by Gasteiger charge is -2.21. The minimum Gasteiger partial charge on any atom is -0.275 e. The number of nitrogens with zero attached hydrogens (tertiary/aromatic N) is 1. The van der Waals surface area contributed by atoms with Gasteiger partial charge in [-0.3, -0.25) is 8.93 Å². The maximum absolute atomic E-state index is 4.47. The van der Waals surface area contributed by atoms with Crippen molar-refractivity contribution in [3.63, 3.8) is 0 Å². The van der Waals surface area contributed by atoms with Gasteiger partial charge in [0.1, 0.15) is 0 Å². The number of aryl methyl sites for hydroxylation is 2. The molecule has 1 heterocycles. The summed E-state index contributed by atoms with van der Waals surface area (Å²) < 4.78 is 4.47. The molecule has 1 aliphatic carbocycles. The molecule has 60 valence electrons. The molecule has 0 aromatic rings. The molecule has 0 amide bonds. The monoisotopic (exact) mass is 262 g/mol. The van der Waals surface area contributed by atoms with E-state index in [4.69, 9.17) is 0 Å². The fourth-order valence-electron chi connectivity index (χ4n) is 1.26. The first-order valence-corrected chi connectivity index (χ1v) is 4.80. The number of rotatable bonds is 1. The molecule has 0 aromatic heterocycles. The van der Waals surface area contributed by atoms with Gasteiger partial charge in [-0.1, -0.05) is 6.92 Å². The largest absolute Gasteiger partial charge is 0.275 e. The minimum atomic E-state index is 1.13. The van der Waals surface area contributed by atoms with E-state index in [1.807, 2.05) is 0 Å². The van der Waals surface area contributed by atoms with Crippen molar-refractivity contribution in [2.45, 2.75) is 20.3 Å². The summed E-state index contributed by atoms with van der Waals surface area (Å²) in [6.07, 6.45) is 1.13. The molecule has 0 bridgehead atoms. The Morgan fingerprint density at radius 3 is 2.45 bits per heavy atom. The summed E-state index contributed by atoms with van der Waals surface area (Å²) in [6.45, 7) is 4.22. The maximum atomic E-state index is 4.47. The van der Waals surface area contributed by atoms with Crippen molar-refractivity contribution in [3.05, 3.63) is 17.3 Å². The Morgan fingerprint density at radius 2 is 2.18 bits per heavy atom. The van der Waals surface area contributed by atoms with Gasteiger partial charge >= 0.3 is 0 Å². The minimum absolute atomic E-state index is 1.13. The van der Waals surface area contributed by atoms with Crippen LogP contribution in [0, 0.1) is 6.92 Å². The summed E-state index contributed by atoms with van der Waals surface area (Å²) >= 11 is 1.65. The van der Waals surface area contributed by atoms with Crippen LogP contribution in [0.3, 0.4) is 0 Å². The molecule has 2 rings (SSSR count). The Bertz CT molecular complexity index is 271. The van der Waals surface area contributed by atoms with Crippen molar-refractivity contribution in [3.8, 4) is 11.3 Å². The first-order valence-electron chi connectivity index (χ1n) is 3.55. The van der Waals surface area contributed by atoms with E-state index in [1.54, 1.807) is 22.9 Å². The average molecular weight is 262 g/mol. The van der Waals surface area contributed by atoms with E-state index in [1.165, 1.54) is 22.5 Å². The molecule has 0 radical (unpaired) electrons. The smallest absolute Gasteiger partial charge is 0.0755 e. The number of pyridine rings is 1. The van der Waals surface area contributed by atoms with E-state index in [9.17, 15) is 0 Å². The highest BCUT2D eigenvalue weighted by atomic mass is 127. The van der Waals surface area contributed by atoms with Gasteiger partial charge in [-0.2, -0.15) is 0 Å². The van der Waals surface area contributed by atoms with Crippen molar-refractivity contribution < 1.29 is 0 Å². The molecule has 2 aliphatic rings. The average Bonchev–Trinajstić information content (AvgIpc) is 2.04. The zero-order valence-corrected chi connectivity index (χ0v) is 8.84. The Balaban J connectivity index is 0.000000281. The standard InChI is InChI=1S/C8H9N.H2IN/c1-3-6-4-7-5(2)9-8(6)7;1-2/h4H,3H2,1-2H3;2H2. The van der Waals surface area contributed by atoms with Gasteiger partial charge in [0, 0.05) is 34.1 Å². The third kappa shape index (κ3) is 1.27. The van der Waals surface area contributed by atoms with Gasteiger partial charge in [-0.15, -0.1) is 0 Å². The van der Waals surface area contributed by atoms with Gasteiger partial charge in [0.2, 0.25) is 0 Å². The maximum Gasteiger partial charge on any atom is 0.0755 e. The van der Waals surface area contributed by atoms with Crippen LogP contribution in [0.2, 0.25) is 0 Å². The molecule has 3 heteroatoms. The van der Waals surface area contributed by atoms with Crippen molar-refractivity contribution in [1.29, 1.82) is 0 Å². The molecule has 0 spiro atoms. The summed E-state index contributed by atoms with van der Waals surface area (Å²) in [6, 6.07) is 2.23. The molecule has 11 heavy (non-hydrogen) atoms. The third-order valence-corrected chi connectivity index (χ3v) is 1.93. The lowest BCUT2D eigenvalue weighted by Crippen LogP contribution is -2.08. The topological polar surface area (TPSA) is 38.9 Å². The van der Waals surface area contributed by atoms with E-state index in [0.29, 0.717) is 0 Å². The normalized spacial score (nSPS) is 10.2. The number of aromatic nitrogens is 1. The molecular formula is C8H11IN2. The molecule has 2 N–H and O–H groups in total. The first-order chi connectivity index (χ1) is 5.33. The van der Waals surface area contributed by atoms with Crippen LogP contribution in [0.1, 0.15) is 18.2 Å². The van der Waals surface area contributed by atoms with Crippen molar-refractivity contribution >= 4 is 22.9 Å². The number of hydrogen-bond donors (Lipinski definition) is 1. The van der Waals surface area contributed by atoms with Crippen molar-refractivity contribution in [1.82, 2.24) is 4.98 Å². The van der Waals surface area contributed by atoms with Crippen LogP contribution in [0.4, 0.5) is 0 Å². The van der Waals surface area contributed by atoms with E-state index in [-0.39, 0.29) is 0 Å². The highest BCUT2D eigenvalue weighted by Gasteiger charge is 2.20. The zero-order valence-electron chi connectivity index (χ0n) is 6.69. The highest BCUT2D eigenvalue weighted by molar-refractivity contribution is 14.1. The van der Waals surface area contributed by atoms with Gasteiger partial charge in [0.05, 0.1) is 5.69 Å². The van der Waals surface area contributed by atoms with Gasteiger partial charge in [0.15, 0.2) is 0 Å². The second-order valence-corrected chi connectivity index (χ2v) is 2.48. The van der Waals surface area contributed by atoms with Crippen LogP contribution < -0.4 is 3.95 Å². The van der Waals surface area contributed by atoms with Crippen LogP contribution in [-0.4, -0.2) is 4.98 Å². The van der Waals surface area contributed by atoms with Crippen LogP contribution >= 0.6 is 22.9 Å². The molecule has 0 saturated heterocycles. The van der Waals surface area contributed by atoms with Gasteiger partial charge in [0.25, 0.3) is 0 Å². The number of hydrogen-bond acceptors (Lipinski definition) is 2. The van der Waals surface area contributed by atoms with E-state index in [0.717, 1.165) is 6.42 Å². The molecule has 1 aliphatic heterocycles. The first kappa shape index (κ1) is 8.93. The SMILES string of the molecule is CCc1cc2c(C)nc1-2.NI. The second kappa shape index (κ2) is 3.49. The van der Waals surface area contributed by atoms with Crippen LogP contribution in [0.5, 0.6) is 0 Å². The number of nitrogens with two attached hydrogens (primary N) is 1. The second-order valence-electron chi connectivity index (χ2n) is 2.48. The lowest BCUT2D eigenvalue weighted by molar-refractivity contribution is 1.02. The van der Waals surface area contributed by atoms with Gasteiger partial charge < -0.3 is 0 Å². The highest BCUT2D eigenvalue weighted by Crippen LogP contribution is 2.36.